The smallest absolute Gasteiger partial charge is 0.276 e. The molecule has 0 saturated heterocycles. The van der Waals surface area contributed by atoms with Gasteiger partial charge in [0.1, 0.15) is 0 Å². The second-order valence-electron chi connectivity index (χ2n) is 2.59. The van der Waals surface area contributed by atoms with Gasteiger partial charge in [-0.1, -0.05) is 6.92 Å². The SMILES string of the molecule is CCNS(=O)(=O)NCCSCCCO. The molecule has 0 amide bonds. The van der Waals surface area contributed by atoms with Gasteiger partial charge in [0.15, 0.2) is 0 Å². The lowest BCUT2D eigenvalue weighted by Gasteiger charge is -2.05. The van der Waals surface area contributed by atoms with Crippen LogP contribution in [-0.4, -0.2) is 44.7 Å². The van der Waals surface area contributed by atoms with Gasteiger partial charge in [0.25, 0.3) is 10.2 Å². The summed E-state index contributed by atoms with van der Waals surface area (Å²) in [5.74, 6) is 1.59. The predicted molar refractivity (Wildman–Crippen MR) is 59.6 cm³/mol. The Morgan fingerprint density at radius 2 is 2.00 bits per heavy atom. The lowest BCUT2D eigenvalue weighted by atomic mass is 10.5. The first-order valence-electron chi connectivity index (χ1n) is 4.55. The highest BCUT2D eigenvalue weighted by atomic mass is 32.2. The molecule has 7 heteroatoms. The van der Waals surface area contributed by atoms with Crippen LogP contribution in [-0.2, 0) is 10.2 Å². The number of hydrogen-bond donors (Lipinski definition) is 3. The fourth-order valence-electron chi connectivity index (χ4n) is 0.758. The van der Waals surface area contributed by atoms with E-state index >= 15 is 0 Å². The third-order valence-electron chi connectivity index (χ3n) is 1.32. The molecule has 86 valence electrons. The van der Waals surface area contributed by atoms with E-state index in [4.69, 9.17) is 5.11 Å². The minimum absolute atomic E-state index is 0.191. The Morgan fingerprint density at radius 3 is 2.57 bits per heavy atom. The summed E-state index contributed by atoms with van der Waals surface area (Å²) in [5, 5.41) is 8.49. The molecule has 0 spiro atoms. The highest BCUT2D eigenvalue weighted by molar-refractivity contribution is 7.99. The summed E-state index contributed by atoms with van der Waals surface area (Å²) in [6.07, 6.45) is 0.755. The second kappa shape index (κ2) is 8.49. The average molecular weight is 242 g/mol. The van der Waals surface area contributed by atoms with Crippen molar-refractivity contribution in [3.05, 3.63) is 0 Å². The van der Waals surface area contributed by atoms with Crippen LogP contribution in [0.2, 0.25) is 0 Å². The van der Waals surface area contributed by atoms with Crippen LogP contribution in [0.3, 0.4) is 0 Å². The Balaban J connectivity index is 3.35. The summed E-state index contributed by atoms with van der Waals surface area (Å²) >= 11 is 1.62. The molecule has 0 bridgehead atoms. The molecule has 5 nitrogen and oxygen atoms in total. The average Bonchev–Trinajstić information content (AvgIpc) is 2.11. The molecule has 3 N–H and O–H groups in total. The minimum atomic E-state index is -3.29. The third-order valence-corrected chi connectivity index (χ3v) is 3.64. The summed E-state index contributed by atoms with van der Waals surface area (Å²) in [6, 6.07) is 0. The van der Waals surface area contributed by atoms with E-state index in [1.807, 2.05) is 0 Å². The van der Waals surface area contributed by atoms with E-state index in [9.17, 15) is 8.42 Å². The number of rotatable bonds is 9. The fourth-order valence-corrected chi connectivity index (χ4v) is 2.52. The minimum Gasteiger partial charge on any atom is -0.396 e. The molecule has 0 aliphatic carbocycles. The molecule has 0 aromatic heterocycles. The van der Waals surface area contributed by atoms with Gasteiger partial charge in [-0.15, -0.1) is 0 Å². The summed E-state index contributed by atoms with van der Waals surface area (Å²) in [5.41, 5.74) is 0. The van der Waals surface area contributed by atoms with E-state index in [0.717, 1.165) is 17.9 Å². The van der Waals surface area contributed by atoms with Crippen LogP contribution < -0.4 is 9.44 Å². The third kappa shape index (κ3) is 8.76. The highest BCUT2D eigenvalue weighted by Gasteiger charge is 2.04. The number of hydrogen-bond acceptors (Lipinski definition) is 4. The maximum absolute atomic E-state index is 11.0. The first kappa shape index (κ1) is 14.2. The normalized spacial score (nSPS) is 11.9. The van der Waals surface area contributed by atoms with Crippen molar-refractivity contribution in [1.82, 2.24) is 9.44 Å². The maximum Gasteiger partial charge on any atom is 0.276 e. The van der Waals surface area contributed by atoms with Crippen LogP contribution in [0.5, 0.6) is 0 Å². The monoisotopic (exact) mass is 242 g/mol. The van der Waals surface area contributed by atoms with E-state index in [1.54, 1.807) is 18.7 Å². The molecule has 0 heterocycles. The van der Waals surface area contributed by atoms with Gasteiger partial charge < -0.3 is 5.11 Å². The first-order chi connectivity index (χ1) is 6.62. The topological polar surface area (TPSA) is 78.4 Å². The zero-order valence-electron chi connectivity index (χ0n) is 8.32. The largest absolute Gasteiger partial charge is 0.396 e. The van der Waals surface area contributed by atoms with Crippen molar-refractivity contribution in [1.29, 1.82) is 0 Å². The first-order valence-corrected chi connectivity index (χ1v) is 7.19. The molecule has 0 aliphatic rings. The summed E-state index contributed by atoms with van der Waals surface area (Å²) in [4.78, 5) is 0. The van der Waals surface area contributed by atoms with E-state index in [-0.39, 0.29) is 6.61 Å². The maximum atomic E-state index is 11.0. The Kier molecular flexibility index (Phi) is 8.59. The quantitative estimate of drug-likeness (QED) is 0.478. The van der Waals surface area contributed by atoms with Crippen molar-refractivity contribution < 1.29 is 13.5 Å². The van der Waals surface area contributed by atoms with E-state index in [2.05, 4.69) is 9.44 Å². The summed E-state index contributed by atoms with van der Waals surface area (Å²) < 4.78 is 26.8. The highest BCUT2D eigenvalue weighted by Crippen LogP contribution is 2.00. The molecule has 0 rings (SSSR count). The second-order valence-corrected chi connectivity index (χ2v) is 5.39. The Morgan fingerprint density at radius 1 is 1.29 bits per heavy atom. The Bertz CT molecular complexity index is 219. The Labute approximate surface area is 89.8 Å². The molecule has 14 heavy (non-hydrogen) atoms. The molecule has 0 aromatic rings. The molecule has 0 aromatic carbocycles. The van der Waals surface area contributed by atoms with Crippen molar-refractivity contribution in [2.45, 2.75) is 13.3 Å². The number of aliphatic hydroxyl groups is 1. The molecule has 0 aliphatic heterocycles. The lowest BCUT2D eigenvalue weighted by Crippen LogP contribution is -2.37. The molecule has 0 radical (unpaired) electrons. The van der Waals surface area contributed by atoms with Crippen LogP contribution >= 0.6 is 11.8 Å². The van der Waals surface area contributed by atoms with Crippen molar-refractivity contribution >= 4 is 22.0 Å². The zero-order valence-corrected chi connectivity index (χ0v) is 9.96. The molecular formula is C7H18N2O3S2. The van der Waals surface area contributed by atoms with Crippen molar-refractivity contribution in [2.24, 2.45) is 0 Å². The molecule has 0 atom stereocenters. The van der Waals surface area contributed by atoms with Gasteiger partial charge in [0.05, 0.1) is 0 Å². The van der Waals surface area contributed by atoms with Gasteiger partial charge in [0, 0.05) is 25.4 Å². The fraction of sp³-hybridized carbons (Fsp3) is 1.00. The van der Waals surface area contributed by atoms with Crippen LogP contribution in [0.4, 0.5) is 0 Å². The van der Waals surface area contributed by atoms with Gasteiger partial charge >= 0.3 is 0 Å². The zero-order chi connectivity index (χ0) is 10.9. The van der Waals surface area contributed by atoms with Crippen LogP contribution in [0, 0.1) is 0 Å². The molecule has 0 unspecified atom stereocenters. The van der Waals surface area contributed by atoms with Gasteiger partial charge in [-0.2, -0.15) is 20.2 Å². The summed E-state index contributed by atoms with van der Waals surface area (Å²) in [7, 11) is -3.29. The molecular weight excluding hydrogens is 224 g/mol. The number of thioether (sulfide) groups is 1. The summed E-state index contributed by atoms with van der Waals surface area (Å²) in [6.45, 7) is 2.74. The number of aliphatic hydroxyl groups excluding tert-OH is 1. The van der Waals surface area contributed by atoms with E-state index in [0.29, 0.717) is 13.1 Å². The number of nitrogens with one attached hydrogen (secondary N) is 2. The van der Waals surface area contributed by atoms with Crippen LogP contribution in [0.25, 0.3) is 0 Å². The van der Waals surface area contributed by atoms with Crippen LogP contribution in [0.15, 0.2) is 0 Å². The van der Waals surface area contributed by atoms with Crippen molar-refractivity contribution in [2.75, 3.05) is 31.2 Å². The van der Waals surface area contributed by atoms with Crippen molar-refractivity contribution in [3.8, 4) is 0 Å². The molecule has 0 saturated carbocycles. The van der Waals surface area contributed by atoms with Gasteiger partial charge in [-0.25, -0.2) is 9.44 Å². The molecule has 0 fully saturated rings. The van der Waals surface area contributed by atoms with Crippen LogP contribution in [0.1, 0.15) is 13.3 Å². The lowest BCUT2D eigenvalue weighted by molar-refractivity contribution is 0.296. The van der Waals surface area contributed by atoms with Crippen molar-refractivity contribution in [3.63, 3.8) is 0 Å². The van der Waals surface area contributed by atoms with Gasteiger partial charge in [-0.3, -0.25) is 0 Å². The Hall–Kier alpha value is 0.180. The standard InChI is InChI=1S/C7H18N2O3S2/c1-2-8-14(11,12)9-4-7-13-6-3-5-10/h8-10H,2-7H2,1H3. The van der Waals surface area contributed by atoms with E-state index in [1.165, 1.54) is 0 Å². The van der Waals surface area contributed by atoms with Gasteiger partial charge in [0.2, 0.25) is 0 Å². The predicted octanol–water partition coefficient (Wildman–Crippen LogP) is -0.454. The van der Waals surface area contributed by atoms with Gasteiger partial charge in [-0.05, 0) is 12.2 Å². The van der Waals surface area contributed by atoms with E-state index < -0.39 is 10.2 Å².